The Kier molecular flexibility index (Phi) is 10.0. The highest BCUT2D eigenvalue weighted by molar-refractivity contribution is 14.0. The predicted octanol–water partition coefficient (Wildman–Crippen LogP) is 3.67. The molecular weight excluding hydrogens is 435 g/mol. The molecule has 1 N–H and O–H groups in total. The van der Waals surface area contributed by atoms with E-state index in [9.17, 15) is 0 Å². The first-order valence-corrected chi connectivity index (χ1v) is 8.93. The Morgan fingerprint density at radius 3 is 2.88 bits per heavy atom. The second kappa shape index (κ2) is 11.5. The average molecular weight is 462 g/mol. The summed E-state index contributed by atoms with van der Waals surface area (Å²) in [6, 6.07) is 3.92. The third kappa shape index (κ3) is 7.65. The van der Waals surface area contributed by atoms with Crippen molar-refractivity contribution in [3.8, 4) is 0 Å². The first-order valence-electron chi connectivity index (χ1n) is 8.05. The Morgan fingerprint density at radius 1 is 1.42 bits per heavy atom. The van der Waals surface area contributed by atoms with Crippen molar-refractivity contribution >= 4 is 41.3 Å². The molecule has 0 spiro atoms. The molecule has 0 bridgehead atoms. The van der Waals surface area contributed by atoms with Crippen molar-refractivity contribution < 1.29 is 4.42 Å². The molecule has 0 aromatic carbocycles. The van der Waals surface area contributed by atoms with Gasteiger partial charge in [0.15, 0.2) is 5.96 Å². The Hall–Kier alpha value is -1.09. The number of nitrogens with one attached hydrogen (secondary N) is 1. The van der Waals surface area contributed by atoms with Gasteiger partial charge in [-0.2, -0.15) is 0 Å². The van der Waals surface area contributed by atoms with Gasteiger partial charge >= 0.3 is 0 Å². The molecule has 0 aliphatic carbocycles. The van der Waals surface area contributed by atoms with E-state index < -0.39 is 0 Å². The fourth-order valence-corrected chi connectivity index (χ4v) is 2.69. The minimum Gasteiger partial charge on any atom is -0.469 e. The molecule has 5 nitrogen and oxygen atoms in total. The summed E-state index contributed by atoms with van der Waals surface area (Å²) < 4.78 is 5.37. The van der Waals surface area contributed by atoms with E-state index in [0.29, 0.717) is 5.92 Å². The summed E-state index contributed by atoms with van der Waals surface area (Å²) >= 11 is 1.70. The van der Waals surface area contributed by atoms with Crippen LogP contribution in [0.15, 0.2) is 39.4 Å². The molecule has 0 saturated heterocycles. The van der Waals surface area contributed by atoms with Gasteiger partial charge in [0.2, 0.25) is 0 Å². The number of rotatable bonds is 8. The second-order valence-electron chi connectivity index (χ2n) is 5.91. The standard InChI is InChI=1S/C17H26N4OS.HI/c1-14(2)13-20-17(19-8-6-15-5-4-11-22-15)21(3)10-7-16-18-9-12-23-16;/h4-5,9,11-12,14H,6-8,10,13H2,1-3H3,(H,19,20);1H. The summed E-state index contributed by atoms with van der Waals surface area (Å²) in [4.78, 5) is 11.2. The van der Waals surface area contributed by atoms with E-state index in [4.69, 9.17) is 9.41 Å². The van der Waals surface area contributed by atoms with E-state index in [1.165, 1.54) is 0 Å². The van der Waals surface area contributed by atoms with E-state index in [2.05, 4.69) is 36.1 Å². The highest BCUT2D eigenvalue weighted by Crippen LogP contribution is 2.06. The van der Waals surface area contributed by atoms with Crippen LogP contribution in [-0.2, 0) is 12.8 Å². The molecule has 0 amide bonds. The highest BCUT2D eigenvalue weighted by Gasteiger charge is 2.08. The molecule has 2 aromatic rings. The number of guanidine groups is 1. The van der Waals surface area contributed by atoms with Gasteiger partial charge in [0.1, 0.15) is 5.76 Å². The monoisotopic (exact) mass is 462 g/mol. The lowest BCUT2D eigenvalue weighted by molar-refractivity contribution is 0.472. The lowest BCUT2D eigenvalue weighted by atomic mass is 10.2. The number of nitrogens with zero attached hydrogens (tertiary/aromatic N) is 3. The van der Waals surface area contributed by atoms with Crippen LogP contribution in [0.5, 0.6) is 0 Å². The van der Waals surface area contributed by atoms with Crippen molar-refractivity contribution in [1.29, 1.82) is 0 Å². The molecule has 0 radical (unpaired) electrons. The molecule has 7 heteroatoms. The Morgan fingerprint density at radius 2 is 2.25 bits per heavy atom. The number of thiazole rings is 1. The van der Waals surface area contributed by atoms with Gasteiger partial charge < -0.3 is 14.6 Å². The minimum atomic E-state index is 0. The molecule has 0 fully saturated rings. The van der Waals surface area contributed by atoms with Gasteiger partial charge in [-0.15, -0.1) is 35.3 Å². The van der Waals surface area contributed by atoms with E-state index in [0.717, 1.165) is 49.2 Å². The molecule has 0 saturated carbocycles. The zero-order chi connectivity index (χ0) is 16.5. The third-order valence-corrected chi connectivity index (χ3v) is 4.19. The van der Waals surface area contributed by atoms with E-state index in [-0.39, 0.29) is 24.0 Å². The maximum Gasteiger partial charge on any atom is 0.193 e. The quantitative estimate of drug-likeness (QED) is 0.370. The zero-order valence-electron chi connectivity index (χ0n) is 14.6. The van der Waals surface area contributed by atoms with Crippen LogP contribution in [0.1, 0.15) is 24.6 Å². The van der Waals surface area contributed by atoms with Crippen molar-refractivity contribution in [3.63, 3.8) is 0 Å². The lowest BCUT2D eigenvalue weighted by Gasteiger charge is -2.22. The summed E-state index contributed by atoms with van der Waals surface area (Å²) in [5, 5.41) is 6.62. The van der Waals surface area contributed by atoms with Crippen LogP contribution >= 0.6 is 35.3 Å². The van der Waals surface area contributed by atoms with Crippen LogP contribution in [0.4, 0.5) is 0 Å². The number of halogens is 1. The maximum atomic E-state index is 5.37. The van der Waals surface area contributed by atoms with Crippen LogP contribution in [0.2, 0.25) is 0 Å². The first kappa shape index (κ1) is 21.0. The Bertz CT molecular complexity index is 569. The van der Waals surface area contributed by atoms with Crippen molar-refractivity contribution in [2.45, 2.75) is 26.7 Å². The summed E-state index contributed by atoms with van der Waals surface area (Å²) in [5.41, 5.74) is 0. The second-order valence-corrected chi connectivity index (χ2v) is 6.89. The maximum absolute atomic E-state index is 5.37. The van der Waals surface area contributed by atoms with E-state index in [1.54, 1.807) is 17.6 Å². The van der Waals surface area contributed by atoms with Crippen molar-refractivity contribution in [2.24, 2.45) is 10.9 Å². The number of hydrogen-bond acceptors (Lipinski definition) is 4. The molecule has 0 aliphatic rings. The fourth-order valence-electron chi connectivity index (χ4n) is 2.08. The predicted molar refractivity (Wildman–Crippen MR) is 111 cm³/mol. The molecule has 2 aromatic heterocycles. The van der Waals surface area contributed by atoms with Gasteiger partial charge in [0, 0.05) is 51.1 Å². The minimum absolute atomic E-state index is 0. The molecular formula is C17H27IN4OS. The van der Waals surface area contributed by atoms with Gasteiger partial charge in [-0.3, -0.25) is 4.99 Å². The van der Waals surface area contributed by atoms with Gasteiger partial charge in [-0.1, -0.05) is 13.8 Å². The van der Waals surface area contributed by atoms with Crippen LogP contribution in [0.3, 0.4) is 0 Å². The number of furan rings is 1. The van der Waals surface area contributed by atoms with E-state index in [1.807, 2.05) is 23.7 Å². The van der Waals surface area contributed by atoms with Crippen LogP contribution in [0.25, 0.3) is 0 Å². The number of aliphatic imine (C=N–C) groups is 1. The zero-order valence-corrected chi connectivity index (χ0v) is 17.7. The summed E-state index contributed by atoms with van der Waals surface area (Å²) in [5.74, 6) is 2.48. The third-order valence-electron chi connectivity index (χ3n) is 3.35. The molecule has 134 valence electrons. The Labute approximate surface area is 165 Å². The largest absolute Gasteiger partial charge is 0.469 e. The smallest absolute Gasteiger partial charge is 0.193 e. The van der Waals surface area contributed by atoms with Crippen molar-refractivity contribution in [1.82, 2.24) is 15.2 Å². The molecule has 24 heavy (non-hydrogen) atoms. The SMILES string of the molecule is CC(C)CN=C(NCCc1ccco1)N(C)CCc1nccs1.I. The van der Waals surface area contributed by atoms with Crippen molar-refractivity contribution in [3.05, 3.63) is 40.7 Å². The fraction of sp³-hybridized carbons (Fsp3) is 0.529. The van der Waals surface area contributed by atoms with Crippen LogP contribution in [0, 0.1) is 5.92 Å². The number of aromatic nitrogens is 1. The molecule has 0 aliphatic heterocycles. The van der Waals surface area contributed by atoms with Crippen LogP contribution < -0.4 is 5.32 Å². The molecule has 2 heterocycles. The molecule has 0 atom stereocenters. The van der Waals surface area contributed by atoms with Crippen LogP contribution in [-0.4, -0.2) is 42.5 Å². The highest BCUT2D eigenvalue weighted by atomic mass is 127. The van der Waals surface area contributed by atoms with Gasteiger partial charge in [-0.05, 0) is 18.1 Å². The van der Waals surface area contributed by atoms with E-state index >= 15 is 0 Å². The van der Waals surface area contributed by atoms with Crippen molar-refractivity contribution in [2.75, 3.05) is 26.7 Å². The van der Waals surface area contributed by atoms with Gasteiger partial charge in [-0.25, -0.2) is 4.98 Å². The van der Waals surface area contributed by atoms with Gasteiger partial charge in [0.25, 0.3) is 0 Å². The average Bonchev–Trinajstić information content (AvgIpc) is 3.21. The molecule has 2 rings (SSSR count). The topological polar surface area (TPSA) is 53.7 Å². The summed E-state index contributed by atoms with van der Waals surface area (Å²) in [7, 11) is 2.08. The van der Waals surface area contributed by atoms with Gasteiger partial charge in [0.05, 0.1) is 11.3 Å². The summed E-state index contributed by atoms with van der Waals surface area (Å²) in [6.07, 6.45) is 5.36. The Balaban J connectivity index is 0.00000288. The first-order chi connectivity index (χ1) is 11.1. The normalized spacial score (nSPS) is 11.4. The lowest BCUT2D eigenvalue weighted by Crippen LogP contribution is -2.41. The number of hydrogen-bond donors (Lipinski definition) is 1. The molecule has 0 unspecified atom stereocenters. The summed E-state index contributed by atoms with van der Waals surface area (Å²) in [6.45, 7) is 6.90. The number of likely N-dealkylation sites (N-methyl/N-ethyl adjacent to an activating group) is 1.